The number of anilines is 1. The Morgan fingerprint density at radius 3 is 2.30 bits per heavy atom. The number of nitrogens with zero attached hydrogens (tertiary/aromatic N) is 3. The molecule has 0 saturated heterocycles. The molecule has 0 spiro atoms. The van der Waals surface area contributed by atoms with Crippen molar-refractivity contribution in [1.82, 2.24) is 5.01 Å². The Hall–Kier alpha value is -2.72. The molecule has 6 nitrogen and oxygen atoms in total. The van der Waals surface area contributed by atoms with Gasteiger partial charge in [-0.2, -0.15) is 18.3 Å². The quantitative estimate of drug-likeness (QED) is 0.382. The molecule has 0 fully saturated rings. The van der Waals surface area contributed by atoms with Gasteiger partial charge in [0.05, 0.1) is 30.1 Å². The number of urea groups is 1. The molecule has 3 rings (SSSR count). The van der Waals surface area contributed by atoms with Gasteiger partial charge in [0.25, 0.3) is 0 Å². The fourth-order valence-electron chi connectivity index (χ4n) is 3.37. The summed E-state index contributed by atoms with van der Waals surface area (Å²) in [5, 5.41) is 6.04. The van der Waals surface area contributed by atoms with Crippen LogP contribution in [0.25, 0.3) is 0 Å². The van der Waals surface area contributed by atoms with Crippen LogP contribution in [0.4, 0.5) is 23.7 Å². The molecule has 1 aliphatic rings. The average molecular weight is 500 g/mol. The van der Waals surface area contributed by atoms with E-state index in [2.05, 4.69) is 5.10 Å². The van der Waals surface area contributed by atoms with Gasteiger partial charge in [0.15, 0.2) is 0 Å². The fourth-order valence-corrected chi connectivity index (χ4v) is 4.08. The normalized spacial score (nSPS) is 18.2. The van der Waals surface area contributed by atoms with Gasteiger partial charge in [-0.1, -0.05) is 23.7 Å². The molecule has 2 aromatic carbocycles. The van der Waals surface area contributed by atoms with Crippen LogP contribution in [0.5, 0.6) is 0 Å². The summed E-state index contributed by atoms with van der Waals surface area (Å²) < 4.78 is 45.1. The molecule has 0 N–H and O–H groups in total. The Balaban J connectivity index is 1.95. The van der Waals surface area contributed by atoms with Gasteiger partial charge in [-0.05, 0) is 67.8 Å². The summed E-state index contributed by atoms with van der Waals surface area (Å²) in [6.07, 6.45) is -2.87. The molecular formula is C22H21ClF3N3O3S. The van der Waals surface area contributed by atoms with Crippen LogP contribution < -0.4 is 4.31 Å². The number of alkyl halides is 3. The van der Waals surface area contributed by atoms with Crippen molar-refractivity contribution in [3.05, 3.63) is 64.7 Å². The largest absolute Gasteiger partial charge is 0.465 e. The van der Waals surface area contributed by atoms with Crippen molar-refractivity contribution in [1.29, 1.82) is 0 Å². The number of amides is 2. The van der Waals surface area contributed by atoms with Gasteiger partial charge in [0.1, 0.15) is 5.41 Å². The number of halogens is 4. The lowest BCUT2D eigenvalue weighted by atomic mass is 9.82. The molecule has 0 aromatic heterocycles. The van der Waals surface area contributed by atoms with Crippen LogP contribution in [0.1, 0.15) is 25.0 Å². The van der Waals surface area contributed by atoms with Crippen molar-refractivity contribution in [3.63, 3.8) is 0 Å². The lowest BCUT2D eigenvalue weighted by molar-refractivity contribution is -0.150. The van der Waals surface area contributed by atoms with Crippen LogP contribution in [0.3, 0.4) is 0 Å². The Bertz CT molecular complexity index is 1060. The van der Waals surface area contributed by atoms with Crippen molar-refractivity contribution in [2.45, 2.75) is 20.0 Å². The second-order valence-corrected chi connectivity index (χ2v) is 8.54. The first kappa shape index (κ1) is 24.9. The number of esters is 1. The van der Waals surface area contributed by atoms with E-state index in [-0.39, 0.29) is 18.8 Å². The van der Waals surface area contributed by atoms with Crippen molar-refractivity contribution in [2.24, 2.45) is 10.5 Å². The monoisotopic (exact) mass is 499 g/mol. The number of hydrogen-bond donors (Lipinski definition) is 0. The highest BCUT2D eigenvalue weighted by atomic mass is 35.5. The van der Waals surface area contributed by atoms with Crippen LogP contribution in [0.2, 0.25) is 5.02 Å². The second kappa shape index (κ2) is 9.64. The SMILES string of the molecule is CCOC(=O)C1(C)CN(C(=O)N(SC)c2ccc(C(F)(F)F)cc2)N=C1c1ccc(Cl)cc1. The molecule has 11 heteroatoms. The number of carbonyl (C=O) groups is 2. The molecule has 33 heavy (non-hydrogen) atoms. The topological polar surface area (TPSA) is 62.2 Å². The maximum absolute atomic E-state index is 13.3. The van der Waals surface area contributed by atoms with Gasteiger partial charge in [-0.3, -0.25) is 4.79 Å². The highest BCUT2D eigenvalue weighted by molar-refractivity contribution is 8.00. The molecule has 0 saturated carbocycles. The first-order chi connectivity index (χ1) is 15.5. The number of benzene rings is 2. The van der Waals surface area contributed by atoms with Gasteiger partial charge >= 0.3 is 18.2 Å². The van der Waals surface area contributed by atoms with Gasteiger partial charge in [0, 0.05) is 11.3 Å². The zero-order valence-electron chi connectivity index (χ0n) is 18.0. The zero-order chi connectivity index (χ0) is 24.4. The number of carbonyl (C=O) groups excluding carboxylic acids is 2. The van der Waals surface area contributed by atoms with Crippen LogP contribution in [0.15, 0.2) is 53.6 Å². The van der Waals surface area contributed by atoms with Crippen molar-refractivity contribution >= 4 is 46.9 Å². The lowest BCUT2D eigenvalue weighted by Gasteiger charge is -2.26. The van der Waals surface area contributed by atoms with Crippen LogP contribution >= 0.6 is 23.5 Å². The maximum Gasteiger partial charge on any atom is 0.416 e. The predicted octanol–water partition coefficient (Wildman–Crippen LogP) is 5.85. The number of hydrazone groups is 1. The highest BCUT2D eigenvalue weighted by Crippen LogP contribution is 2.36. The Morgan fingerprint density at radius 2 is 1.79 bits per heavy atom. The van der Waals surface area contributed by atoms with Gasteiger partial charge < -0.3 is 4.74 Å². The second-order valence-electron chi connectivity index (χ2n) is 7.37. The third-order valence-electron chi connectivity index (χ3n) is 5.06. The minimum atomic E-state index is -4.49. The minimum absolute atomic E-state index is 0.0969. The molecule has 0 aliphatic carbocycles. The van der Waals surface area contributed by atoms with E-state index in [4.69, 9.17) is 16.3 Å². The minimum Gasteiger partial charge on any atom is -0.465 e. The van der Waals surface area contributed by atoms with Gasteiger partial charge in [-0.15, -0.1) is 0 Å². The third-order valence-corrected chi connectivity index (χ3v) is 6.04. The summed E-state index contributed by atoms with van der Waals surface area (Å²) in [6, 6.07) is 10.3. The molecule has 0 radical (unpaired) electrons. The molecular weight excluding hydrogens is 479 g/mol. The Labute approximate surface area is 198 Å². The van der Waals surface area contributed by atoms with E-state index < -0.39 is 29.2 Å². The Kier molecular flexibility index (Phi) is 7.28. The molecule has 2 amide bonds. The summed E-state index contributed by atoms with van der Waals surface area (Å²) in [5.74, 6) is -0.542. The van der Waals surface area contributed by atoms with Crippen LogP contribution in [0, 0.1) is 5.41 Å². The highest BCUT2D eigenvalue weighted by Gasteiger charge is 2.49. The number of rotatable bonds is 5. The zero-order valence-corrected chi connectivity index (χ0v) is 19.6. The summed E-state index contributed by atoms with van der Waals surface area (Å²) in [4.78, 5) is 26.1. The van der Waals surface area contributed by atoms with Crippen LogP contribution in [-0.4, -0.2) is 42.1 Å². The number of hydrogen-bond acceptors (Lipinski definition) is 5. The van der Waals surface area contributed by atoms with E-state index in [1.807, 2.05) is 0 Å². The standard InChI is InChI=1S/C22H21ClF3N3O3S/c1-4-32-19(30)21(2)13-28(27-18(21)14-5-9-16(23)10-6-14)20(31)29(33-3)17-11-7-15(8-12-17)22(24,25)26/h5-12H,4,13H2,1-3H3. The van der Waals surface area contributed by atoms with E-state index in [0.29, 0.717) is 16.3 Å². The maximum atomic E-state index is 13.3. The van der Waals surface area contributed by atoms with E-state index in [1.165, 1.54) is 16.4 Å². The fraction of sp³-hybridized carbons (Fsp3) is 0.318. The molecule has 1 unspecified atom stereocenters. The average Bonchev–Trinajstić information content (AvgIpc) is 3.13. The predicted molar refractivity (Wildman–Crippen MR) is 122 cm³/mol. The van der Waals surface area contributed by atoms with Crippen molar-refractivity contribution in [2.75, 3.05) is 23.7 Å². The summed E-state index contributed by atoms with van der Waals surface area (Å²) in [7, 11) is 0. The van der Waals surface area contributed by atoms with Gasteiger partial charge in [-0.25, -0.2) is 14.1 Å². The first-order valence-electron chi connectivity index (χ1n) is 9.86. The summed E-state index contributed by atoms with van der Waals surface area (Å²) in [5.41, 5.74) is -0.897. The van der Waals surface area contributed by atoms with Crippen LogP contribution in [-0.2, 0) is 15.7 Å². The number of ether oxygens (including phenoxy) is 1. The lowest BCUT2D eigenvalue weighted by Crippen LogP contribution is -2.43. The van der Waals surface area contributed by atoms with E-state index in [1.54, 1.807) is 44.4 Å². The molecule has 1 aliphatic heterocycles. The summed E-state index contributed by atoms with van der Waals surface area (Å²) >= 11 is 6.98. The molecule has 1 heterocycles. The Morgan fingerprint density at radius 1 is 1.18 bits per heavy atom. The van der Waals surface area contributed by atoms with Gasteiger partial charge in [0.2, 0.25) is 0 Å². The third kappa shape index (κ3) is 5.11. The summed E-state index contributed by atoms with van der Waals surface area (Å²) in [6.45, 7) is 3.37. The molecule has 1 atom stereocenters. The van der Waals surface area contributed by atoms with E-state index in [9.17, 15) is 22.8 Å². The molecule has 176 valence electrons. The molecule has 2 aromatic rings. The molecule has 0 bridgehead atoms. The van der Waals surface area contributed by atoms with E-state index >= 15 is 0 Å². The van der Waals surface area contributed by atoms with Crippen molar-refractivity contribution in [3.8, 4) is 0 Å². The smallest absolute Gasteiger partial charge is 0.416 e. The first-order valence-corrected chi connectivity index (χ1v) is 11.4. The van der Waals surface area contributed by atoms with E-state index in [0.717, 1.165) is 29.1 Å². The van der Waals surface area contributed by atoms with Crippen molar-refractivity contribution < 1.29 is 27.5 Å².